The van der Waals surface area contributed by atoms with Crippen LogP contribution >= 0.6 is 30.4 Å². The second-order valence-corrected chi connectivity index (χ2v) is 19.0. The van der Waals surface area contributed by atoms with Crippen LogP contribution in [0.15, 0.2) is 0 Å². The van der Waals surface area contributed by atoms with Crippen LogP contribution in [0.3, 0.4) is 0 Å². The van der Waals surface area contributed by atoms with Gasteiger partial charge in [0.1, 0.15) is 0 Å². The van der Waals surface area contributed by atoms with Crippen molar-refractivity contribution in [1.82, 2.24) is 0 Å². The zero-order valence-corrected chi connectivity index (χ0v) is 23.7. The third-order valence-electron chi connectivity index (χ3n) is 7.58. The van der Waals surface area contributed by atoms with Gasteiger partial charge in [0.25, 0.3) is 0 Å². The Morgan fingerprint density at radius 2 is 1.39 bits per heavy atom. The molecule has 1 saturated heterocycles. The van der Waals surface area contributed by atoms with Crippen LogP contribution in [-0.2, 0) is 17.0 Å². The molecule has 0 bridgehead atoms. The van der Waals surface area contributed by atoms with Crippen molar-refractivity contribution in [2.24, 2.45) is 23.7 Å². The van der Waals surface area contributed by atoms with E-state index < -0.39 is 25.3 Å². The van der Waals surface area contributed by atoms with Gasteiger partial charge in [-0.15, -0.1) is 5.54 Å². The molecule has 1 aliphatic heterocycles. The van der Waals surface area contributed by atoms with E-state index in [0.717, 1.165) is 39.7 Å². The van der Waals surface area contributed by atoms with Gasteiger partial charge in [-0.05, 0) is 48.5 Å². The minimum absolute atomic E-state index is 0. The summed E-state index contributed by atoms with van der Waals surface area (Å²) in [5.74, 6) is 4.23. The normalized spacial score (nSPS) is 39.6. The fourth-order valence-corrected chi connectivity index (χ4v) is 15.2. The summed E-state index contributed by atoms with van der Waals surface area (Å²) < 4.78 is 0. The van der Waals surface area contributed by atoms with E-state index in [1.807, 2.05) is 0 Å². The van der Waals surface area contributed by atoms with Gasteiger partial charge in [-0.3, -0.25) is 0 Å². The molecule has 7 atom stereocenters. The van der Waals surface area contributed by atoms with E-state index in [1.165, 1.54) is 38.5 Å². The first-order valence-corrected chi connectivity index (χ1v) is 19.3. The van der Waals surface area contributed by atoms with Gasteiger partial charge in [0, 0.05) is 10.5 Å². The van der Waals surface area contributed by atoms with Crippen LogP contribution in [-0.4, -0.2) is 24.3 Å². The van der Waals surface area contributed by atoms with Gasteiger partial charge in [0.15, 0.2) is 0 Å². The fourth-order valence-electron chi connectivity index (χ4n) is 7.38. The molecule has 4 fully saturated rings. The van der Waals surface area contributed by atoms with Crippen molar-refractivity contribution in [1.29, 1.82) is 0 Å². The second-order valence-electron chi connectivity index (χ2n) is 10.8. The SMILES string of the molecule is CC(C)(C)[N-][Si](C)(C)C1C2CCCCC2C2C3CCCCC3SC21.[CH3-].[Cl][Ti][Cl]. The monoisotopic (exact) mass is 497 g/mol. The van der Waals surface area contributed by atoms with Gasteiger partial charge in [0.05, 0.1) is 0 Å². The molecule has 0 amide bonds. The van der Waals surface area contributed by atoms with E-state index in [-0.39, 0.29) is 13.0 Å². The molecule has 1 heterocycles. The van der Waals surface area contributed by atoms with Crippen LogP contribution in [0.4, 0.5) is 0 Å². The number of fused-ring (bicyclic) bond motifs is 5. The summed E-state index contributed by atoms with van der Waals surface area (Å²) in [7, 11) is 8.22. The number of hydrogen-bond acceptors (Lipinski definition) is 1. The summed E-state index contributed by atoms with van der Waals surface area (Å²) in [6.07, 6.45) is 12.2. The van der Waals surface area contributed by atoms with Crippen molar-refractivity contribution in [2.45, 2.75) is 107 Å². The van der Waals surface area contributed by atoms with Crippen molar-refractivity contribution >= 4 is 38.6 Å². The van der Waals surface area contributed by atoms with Gasteiger partial charge in [-0.25, -0.2) is 0 Å². The predicted octanol–water partition coefficient (Wildman–Crippen LogP) is 8.67. The van der Waals surface area contributed by atoms with Gasteiger partial charge in [-0.2, -0.15) is 11.8 Å². The maximum absolute atomic E-state index is 5.52. The third kappa shape index (κ3) is 5.59. The average Bonchev–Trinajstić information content (AvgIpc) is 3.07. The maximum atomic E-state index is 5.52. The predicted molar refractivity (Wildman–Crippen MR) is 129 cm³/mol. The van der Waals surface area contributed by atoms with Crippen molar-refractivity contribution in [2.75, 3.05) is 0 Å². The number of rotatable bonds is 2. The molecule has 0 spiro atoms. The van der Waals surface area contributed by atoms with Crippen LogP contribution in [0.2, 0.25) is 18.6 Å². The first-order valence-electron chi connectivity index (χ1n) is 11.1. The van der Waals surface area contributed by atoms with E-state index in [0.29, 0.717) is 0 Å². The summed E-state index contributed by atoms with van der Waals surface area (Å²) in [4.78, 5) is 5.52. The van der Waals surface area contributed by atoms with Gasteiger partial charge in [0.2, 0.25) is 0 Å². The molecule has 0 radical (unpaired) electrons. The van der Waals surface area contributed by atoms with E-state index in [1.54, 1.807) is 12.8 Å². The number of nitrogens with zero attached hydrogens (tertiary/aromatic N) is 1. The van der Waals surface area contributed by atoms with Crippen molar-refractivity contribution in [3.8, 4) is 0 Å². The van der Waals surface area contributed by atoms with Crippen molar-refractivity contribution in [3.05, 3.63) is 12.4 Å². The van der Waals surface area contributed by atoms with Gasteiger partial charge < -0.3 is 12.4 Å². The minimum atomic E-state index is -1.56. The fraction of sp³-hybridized carbons (Fsp3) is 0.955. The zero-order valence-electron chi connectivity index (χ0n) is 18.8. The molecule has 0 aromatic rings. The van der Waals surface area contributed by atoms with E-state index in [4.69, 9.17) is 23.6 Å². The summed E-state index contributed by atoms with van der Waals surface area (Å²) in [5, 5.41) is 1.98. The summed E-state index contributed by atoms with van der Waals surface area (Å²) >= 11 is 1.91. The standard InChI is InChI=1S/C21H38NSSi.CH3.2ClH.Ti/c1-21(2,3)22-24(4,5)20-15-11-7-6-10-14(15)18-16-12-8-9-13-17(16)23-19(18)20;;;;/h14-20H,6-13H2,1-5H3;1H3;2*1H;/q2*-1;;;+2/p-2. The van der Waals surface area contributed by atoms with Crippen molar-refractivity contribution < 1.29 is 17.0 Å². The zero-order chi connectivity index (χ0) is 19.8. The van der Waals surface area contributed by atoms with Crippen molar-refractivity contribution in [3.63, 3.8) is 0 Å². The van der Waals surface area contributed by atoms with Crippen LogP contribution in [0, 0.1) is 31.1 Å². The molecule has 28 heavy (non-hydrogen) atoms. The number of thioether (sulfide) groups is 1. The van der Waals surface area contributed by atoms with E-state index in [2.05, 4.69) is 45.6 Å². The Balaban J connectivity index is 0.000000660. The molecule has 1 nitrogen and oxygen atoms in total. The molecule has 0 aromatic carbocycles. The molecule has 3 aliphatic carbocycles. The van der Waals surface area contributed by atoms with E-state index in [9.17, 15) is 0 Å². The summed E-state index contributed by atoms with van der Waals surface area (Å²) in [6.45, 7) is 12.2. The topological polar surface area (TPSA) is 14.1 Å². The first-order chi connectivity index (χ1) is 12.7. The number of halogens is 2. The molecule has 3 saturated carbocycles. The van der Waals surface area contributed by atoms with Crippen LogP contribution in [0.1, 0.15) is 72.1 Å². The van der Waals surface area contributed by atoms with Gasteiger partial charge in [-0.1, -0.05) is 74.2 Å². The molecule has 6 heteroatoms. The van der Waals surface area contributed by atoms with E-state index >= 15 is 0 Å². The Labute approximate surface area is 197 Å². The Hall–Kier alpha value is 1.82. The second kappa shape index (κ2) is 10.6. The molecule has 164 valence electrons. The first kappa shape index (κ1) is 26.1. The summed E-state index contributed by atoms with van der Waals surface area (Å²) in [5.41, 5.74) is 1.11. The molecular weight excluding hydrogens is 457 g/mol. The Kier molecular flexibility index (Phi) is 9.90. The Morgan fingerprint density at radius 1 is 0.893 bits per heavy atom. The quantitative estimate of drug-likeness (QED) is 0.274. The molecular formula is C22H41Cl2NSSiTi-2. The summed E-state index contributed by atoms with van der Waals surface area (Å²) in [6, 6.07) is 0. The Bertz CT molecular complexity index is 501. The van der Waals surface area contributed by atoms with Crippen LogP contribution in [0.25, 0.3) is 4.98 Å². The molecule has 7 unspecified atom stereocenters. The molecule has 4 aliphatic rings. The molecule has 0 aromatic heterocycles. The van der Waals surface area contributed by atoms with Crippen LogP contribution < -0.4 is 0 Å². The van der Waals surface area contributed by atoms with Gasteiger partial charge >= 0.3 is 35.6 Å². The molecule has 0 N–H and O–H groups in total. The molecule has 4 rings (SSSR count). The number of hydrogen-bond donors (Lipinski definition) is 0. The van der Waals surface area contributed by atoms with Crippen LogP contribution in [0.5, 0.6) is 0 Å². The Morgan fingerprint density at radius 3 is 1.96 bits per heavy atom. The third-order valence-corrected chi connectivity index (χ3v) is 13.3. The average molecular weight is 499 g/mol.